The Hall–Kier alpha value is -0.900. The van der Waals surface area contributed by atoms with Crippen molar-refractivity contribution in [1.29, 1.82) is 0 Å². The summed E-state index contributed by atoms with van der Waals surface area (Å²) in [7, 11) is 0. The van der Waals surface area contributed by atoms with Crippen LogP contribution in [-0.2, 0) is 4.79 Å². The molecule has 0 bridgehead atoms. The minimum absolute atomic E-state index is 0.423. The molecule has 1 N–H and O–H groups in total. The first kappa shape index (κ1) is 11.6. The van der Waals surface area contributed by atoms with Gasteiger partial charge in [0.05, 0.1) is 16.6 Å². The SMILES string of the molecule is Cc1nc(C2CCCC2)sc1C(C)C(=O)O. The zero-order valence-electron chi connectivity index (χ0n) is 9.69. The van der Waals surface area contributed by atoms with Crippen LogP contribution in [0.3, 0.4) is 0 Å². The Kier molecular flexibility index (Phi) is 3.28. The van der Waals surface area contributed by atoms with Gasteiger partial charge in [-0.15, -0.1) is 11.3 Å². The predicted octanol–water partition coefficient (Wildman–Crippen LogP) is 3.30. The molecule has 1 unspecified atom stereocenters. The maximum atomic E-state index is 11.0. The average molecular weight is 239 g/mol. The van der Waals surface area contributed by atoms with Crippen molar-refractivity contribution in [3.05, 3.63) is 15.6 Å². The summed E-state index contributed by atoms with van der Waals surface area (Å²) < 4.78 is 0. The zero-order valence-corrected chi connectivity index (χ0v) is 10.5. The lowest BCUT2D eigenvalue weighted by atomic mass is 10.1. The van der Waals surface area contributed by atoms with Gasteiger partial charge in [0.2, 0.25) is 0 Å². The Morgan fingerprint density at radius 3 is 2.69 bits per heavy atom. The number of aliphatic carboxylic acids is 1. The third kappa shape index (κ3) is 2.12. The summed E-state index contributed by atoms with van der Waals surface area (Å²) in [5, 5.41) is 10.2. The number of rotatable bonds is 3. The molecular weight excluding hydrogens is 222 g/mol. The van der Waals surface area contributed by atoms with Gasteiger partial charge in [0.25, 0.3) is 0 Å². The molecule has 88 valence electrons. The Morgan fingerprint density at radius 2 is 2.12 bits per heavy atom. The quantitative estimate of drug-likeness (QED) is 0.880. The molecule has 1 atom stereocenters. The summed E-state index contributed by atoms with van der Waals surface area (Å²) in [6.07, 6.45) is 5.00. The van der Waals surface area contributed by atoms with Crippen molar-refractivity contribution in [1.82, 2.24) is 4.98 Å². The molecule has 1 aromatic rings. The van der Waals surface area contributed by atoms with Crippen molar-refractivity contribution in [2.45, 2.75) is 51.4 Å². The van der Waals surface area contributed by atoms with Crippen LogP contribution in [0.15, 0.2) is 0 Å². The Bertz CT molecular complexity index is 394. The van der Waals surface area contributed by atoms with Crippen molar-refractivity contribution < 1.29 is 9.90 Å². The van der Waals surface area contributed by atoms with E-state index in [1.807, 2.05) is 6.92 Å². The molecule has 1 fully saturated rings. The van der Waals surface area contributed by atoms with Crippen LogP contribution < -0.4 is 0 Å². The summed E-state index contributed by atoms with van der Waals surface area (Å²) >= 11 is 1.60. The van der Waals surface area contributed by atoms with Gasteiger partial charge in [-0.3, -0.25) is 4.79 Å². The van der Waals surface area contributed by atoms with Crippen molar-refractivity contribution in [3.63, 3.8) is 0 Å². The topological polar surface area (TPSA) is 50.2 Å². The highest BCUT2D eigenvalue weighted by Crippen LogP contribution is 2.38. The summed E-state index contributed by atoms with van der Waals surface area (Å²) in [6.45, 7) is 3.66. The number of carboxylic acid groups (broad SMARTS) is 1. The number of hydrogen-bond donors (Lipinski definition) is 1. The van der Waals surface area contributed by atoms with Gasteiger partial charge in [0.15, 0.2) is 0 Å². The fourth-order valence-corrected chi connectivity index (χ4v) is 3.57. The van der Waals surface area contributed by atoms with Gasteiger partial charge in [0.1, 0.15) is 0 Å². The molecule has 0 spiro atoms. The van der Waals surface area contributed by atoms with Gasteiger partial charge in [-0.1, -0.05) is 12.8 Å². The molecule has 0 radical (unpaired) electrons. The third-order valence-corrected chi connectivity index (χ3v) is 4.82. The Labute approximate surface area is 99.5 Å². The largest absolute Gasteiger partial charge is 0.481 e. The van der Waals surface area contributed by atoms with E-state index in [2.05, 4.69) is 4.98 Å². The van der Waals surface area contributed by atoms with Crippen LogP contribution in [0.1, 0.15) is 60.0 Å². The normalized spacial score (nSPS) is 18.9. The van der Waals surface area contributed by atoms with Crippen molar-refractivity contribution >= 4 is 17.3 Å². The second kappa shape index (κ2) is 4.53. The molecule has 2 rings (SSSR count). The van der Waals surface area contributed by atoms with E-state index in [0.29, 0.717) is 5.92 Å². The van der Waals surface area contributed by atoms with E-state index in [1.165, 1.54) is 25.7 Å². The van der Waals surface area contributed by atoms with Crippen LogP contribution in [0.25, 0.3) is 0 Å². The lowest BCUT2D eigenvalue weighted by Gasteiger charge is -2.03. The number of carboxylic acids is 1. The highest BCUT2D eigenvalue weighted by atomic mass is 32.1. The molecule has 16 heavy (non-hydrogen) atoms. The predicted molar refractivity (Wildman–Crippen MR) is 64.1 cm³/mol. The van der Waals surface area contributed by atoms with Gasteiger partial charge in [-0.2, -0.15) is 0 Å². The second-order valence-corrected chi connectivity index (χ2v) is 5.61. The number of carbonyl (C=O) groups is 1. The van der Waals surface area contributed by atoms with Crippen LogP contribution in [0, 0.1) is 6.92 Å². The highest BCUT2D eigenvalue weighted by Gasteiger charge is 2.25. The van der Waals surface area contributed by atoms with E-state index in [9.17, 15) is 4.79 Å². The molecule has 1 saturated carbocycles. The Morgan fingerprint density at radius 1 is 1.50 bits per heavy atom. The average Bonchev–Trinajstić information content (AvgIpc) is 2.84. The van der Waals surface area contributed by atoms with Gasteiger partial charge in [0, 0.05) is 10.8 Å². The van der Waals surface area contributed by atoms with Crippen LogP contribution in [0.2, 0.25) is 0 Å². The van der Waals surface area contributed by atoms with Crippen LogP contribution >= 0.6 is 11.3 Å². The lowest BCUT2D eigenvalue weighted by Crippen LogP contribution is -2.06. The summed E-state index contributed by atoms with van der Waals surface area (Å²) in [5.74, 6) is -0.601. The van der Waals surface area contributed by atoms with E-state index >= 15 is 0 Å². The summed E-state index contributed by atoms with van der Waals surface area (Å²) in [4.78, 5) is 16.4. The van der Waals surface area contributed by atoms with E-state index in [-0.39, 0.29) is 0 Å². The molecule has 3 nitrogen and oxygen atoms in total. The van der Waals surface area contributed by atoms with Crippen LogP contribution in [0.5, 0.6) is 0 Å². The zero-order chi connectivity index (χ0) is 11.7. The maximum absolute atomic E-state index is 11.0. The molecule has 0 aromatic carbocycles. The first-order chi connectivity index (χ1) is 7.59. The molecule has 1 aliphatic carbocycles. The minimum atomic E-state index is -0.760. The minimum Gasteiger partial charge on any atom is -0.481 e. The number of thiazole rings is 1. The van der Waals surface area contributed by atoms with Gasteiger partial charge >= 0.3 is 5.97 Å². The number of aryl methyl sites for hydroxylation is 1. The van der Waals surface area contributed by atoms with Gasteiger partial charge in [-0.25, -0.2) is 4.98 Å². The second-order valence-electron chi connectivity index (χ2n) is 4.54. The molecule has 0 aliphatic heterocycles. The number of hydrogen-bond acceptors (Lipinski definition) is 3. The molecule has 1 heterocycles. The van der Waals surface area contributed by atoms with E-state index in [0.717, 1.165) is 15.6 Å². The molecule has 1 aliphatic rings. The lowest BCUT2D eigenvalue weighted by molar-refractivity contribution is -0.138. The fourth-order valence-electron chi connectivity index (χ4n) is 2.29. The van der Waals surface area contributed by atoms with E-state index < -0.39 is 11.9 Å². The summed E-state index contributed by atoms with van der Waals surface area (Å²) in [6, 6.07) is 0. The molecular formula is C12H17NO2S. The number of aromatic nitrogens is 1. The standard InChI is InChI=1S/C12H17NO2S/c1-7(12(14)15)10-8(2)13-11(16-10)9-5-3-4-6-9/h7,9H,3-6H2,1-2H3,(H,14,15). The van der Waals surface area contributed by atoms with Crippen LogP contribution in [-0.4, -0.2) is 16.1 Å². The fraction of sp³-hybridized carbons (Fsp3) is 0.667. The van der Waals surface area contributed by atoms with E-state index in [1.54, 1.807) is 18.3 Å². The Balaban J connectivity index is 2.24. The smallest absolute Gasteiger partial charge is 0.311 e. The third-order valence-electron chi connectivity index (χ3n) is 3.32. The van der Waals surface area contributed by atoms with Crippen molar-refractivity contribution in [2.24, 2.45) is 0 Å². The van der Waals surface area contributed by atoms with Crippen molar-refractivity contribution in [3.8, 4) is 0 Å². The molecule has 0 amide bonds. The van der Waals surface area contributed by atoms with Crippen LogP contribution in [0.4, 0.5) is 0 Å². The van der Waals surface area contributed by atoms with Gasteiger partial charge < -0.3 is 5.11 Å². The van der Waals surface area contributed by atoms with Gasteiger partial charge in [-0.05, 0) is 26.7 Å². The monoisotopic (exact) mass is 239 g/mol. The molecule has 4 heteroatoms. The summed E-state index contributed by atoms with van der Waals surface area (Å²) in [5.41, 5.74) is 0.904. The first-order valence-corrected chi connectivity index (χ1v) is 6.61. The molecule has 1 aromatic heterocycles. The van der Waals surface area contributed by atoms with Crippen molar-refractivity contribution in [2.75, 3.05) is 0 Å². The number of nitrogens with zero attached hydrogens (tertiary/aromatic N) is 1. The van der Waals surface area contributed by atoms with E-state index in [4.69, 9.17) is 5.11 Å². The maximum Gasteiger partial charge on any atom is 0.311 e. The molecule has 0 saturated heterocycles. The first-order valence-electron chi connectivity index (χ1n) is 5.79. The highest BCUT2D eigenvalue weighted by molar-refractivity contribution is 7.12.